The number of fused-ring (bicyclic) bond motifs is 2. The number of hydrogen-bond donors (Lipinski definition) is 2. The quantitative estimate of drug-likeness (QED) is 0.834. The first-order chi connectivity index (χ1) is 8.71. The Kier molecular flexibility index (Phi) is 2.99. The van der Waals surface area contributed by atoms with Gasteiger partial charge in [0.15, 0.2) is 0 Å². The van der Waals surface area contributed by atoms with E-state index in [9.17, 15) is 5.11 Å². The number of hydrogen-bond acceptors (Lipinski definition) is 4. The van der Waals surface area contributed by atoms with Crippen molar-refractivity contribution in [3.63, 3.8) is 0 Å². The first-order valence-corrected chi connectivity index (χ1v) is 6.68. The molecule has 4 heteroatoms. The second-order valence-corrected chi connectivity index (χ2v) is 5.51. The smallest absolute Gasteiger partial charge is 0.128 e. The Morgan fingerprint density at radius 3 is 2.78 bits per heavy atom. The molecular formula is C14H20N2O2. The summed E-state index contributed by atoms with van der Waals surface area (Å²) in [5, 5.41) is 14.6. The van der Waals surface area contributed by atoms with E-state index in [1.165, 1.54) is 6.42 Å². The van der Waals surface area contributed by atoms with E-state index in [1.54, 1.807) is 19.5 Å². The van der Waals surface area contributed by atoms with E-state index < -0.39 is 5.60 Å². The highest BCUT2D eigenvalue weighted by molar-refractivity contribution is 5.36. The molecule has 2 atom stereocenters. The first-order valence-electron chi connectivity index (χ1n) is 6.68. The highest BCUT2D eigenvalue weighted by Gasteiger charge is 2.43. The lowest BCUT2D eigenvalue weighted by Crippen LogP contribution is -2.54. The van der Waals surface area contributed by atoms with E-state index in [0.29, 0.717) is 12.1 Å². The molecule has 4 nitrogen and oxygen atoms in total. The predicted octanol–water partition coefficient (Wildman–Crippen LogP) is 1.58. The summed E-state index contributed by atoms with van der Waals surface area (Å²) in [5.41, 5.74) is 0.0477. The van der Waals surface area contributed by atoms with Crippen molar-refractivity contribution in [1.82, 2.24) is 10.3 Å². The van der Waals surface area contributed by atoms with Crippen LogP contribution >= 0.6 is 0 Å². The van der Waals surface area contributed by atoms with Gasteiger partial charge < -0.3 is 15.2 Å². The maximum atomic E-state index is 11.0. The number of nitrogens with one attached hydrogen (secondary N) is 1. The van der Waals surface area contributed by atoms with Crippen LogP contribution in [-0.4, -0.2) is 29.3 Å². The third kappa shape index (κ3) is 1.99. The Morgan fingerprint density at radius 2 is 2.11 bits per heavy atom. The molecule has 0 spiro atoms. The normalized spacial score (nSPS) is 35.2. The minimum absolute atomic E-state index is 0.424. The summed E-state index contributed by atoms with van der Waals surface area (Å²) in [6.45, 7) is 0. The average molecular weight is 248 g/mol. The molecular weight excluding hydrogens is 228 g/mol. The van der Waals surface area contributed by atoms with Gasteiger partial charge in [0.25, 0.3) is 0 Å². The maximum Gasteiger partial charge on any atom is 0.128 e. The largest absolute Gasteiger partial charge is 0.496 e. The number of aliphatic hydroxyl groups is 1. The molecule has 3 rings (SSSR count). The van der Waals surface area contributed by atoms with Crippen LogP contribution in [0.5, 0.6) is 5.75 Å². The van der Waals surface area contributed by atoms with Crippen molar-refractivity contribution in [3.05, 3.63) is 24.0 Å². The molecule has 0 aromatic carbocycles. The molecule has 2 fully saturated rings. The van der Waals surface area contributed by atoms with Crippen LogP contribution in [0.2, 0.25) is 0 Å². The van der Waals surface area contributed by atoms with E-state index in [1.807, 2.05) is 6.07 Å². The van der Waals surface area contributed by atoms with Gasteiger partial charge in [0.2, 0.25) is 0 Å². The van der Waals surface area contributed by atoms with Crippen LogP contribution in [0.4, 0.5) is 0 Å². The van der Waals surface area contributed by atoms with E-state index in [-0.39, 0.29) is 0 Å². The zero-order valence-corrected chi connectivity index (χ0v) is 10.7. The van der Waals surface area contributed by atoms with Crippen LogP contribution in [0, 0.1) is 0 Å². The molecule has 0 saturated carbocycles. The Labute approximate surface area is 107 Å². The van der Waals surface area contributed by atoms with Crippen molar-refractivity contribution in [3.8, 4) is 5.75 Å². The van der Waals surface area contributed by atoms with Crippen LogP contribution in [0.1, 0.15) is 37.7 Å². The van der Waals surface area contributed by atoms with Gasteiger partial charge in [-0.1, -0.05) is 6.42 Å². The number of methoxy groups -OCH3 is 1. The van der Waals surface area contributed by atoms with Gasteiger partial charge in [-0.3, -0.25) is 4.98 Å². The van der Waals surface area contributed by atoms with E-state index in [0.717, 1.165) is 37.0 Å². The fraction of sp³-hybridized carbons (Fsp3) is 0.643. The summed E-state index contributed by atoms with van der Waals surface area (Å²) in [4.78, 5) is 4.15. The zero-order chi connectivity index (χ0) is 12.6. The summed E-state index contributed by atoms with van der Waals surface area (Å²) in [6.07, 6.45) is 8.54. The molecule has 1 aromatic heterocycles. The third-order valence-electron chi connectivity index (χ3n) is 4.25. The van der Waals surface area contributed by atoms with Gasteiger partial charge in [0.1, 0.15) is 5.75 Å². The second kappa shape index (κ2) is 4.52. The standard InChI is InChI=1S/C14H20N2O2/c1-18-13-5-6-15-9-12(13)14(17)7-10-3-2-4-11(8-14)16-10/h5-6,9-11,16-17H,2-4,7-8H2,1H3. The van der Waals surface area contributed by atoms with E-state index in [2.05, 4.69) is 10.3 Å². The lowest BCUT2D eigenvalue weighted by molar-refractivity contribution is -0.0375. The molecule has 2 unspecified atom stereocenters. The van der Waals surface area contributed by atoms with Gasteiger partial charge in [-0.2, -0.15) is 0 Å². The molecule has 2 aliphatic heterocycles. The Bertz CT molecular complexity index is 424. The lowest BCUT2D eigenvalue weighted by Gasteiger charge is -2.45. The van der Waals surface area contributed by atoms with E-state index in [4.69, 9.17) is 4.74 Å². The molecule has 2 N–H and O–H groups in total. The molecule has 0 amide bonds. The molecule has 98 valence electrons. The van der Waals surface area contributed by atoms with Gasteiger partial charge in [-0.25, -0.2) is 0 Å². The minimum atomic E-state index is -0.791. The van der Waals surface area contributed by atoms with Crippen LogP contribution in [0.25, 0.3) is 0 Å². The van der Waals surface area contributed by atoms with Crippen molar-refractivity contribution < 1.29 is 9.84 Å². The molecule has 3 heterocycles. The van der Waals surface area contributed by atoms with Gasteiger partial charge in [0.05, 0.1) is 12.7 Å². The zero-order valence-electron chi connectivity index (χ0n) is 10.7. The maximum absolute atomic E-state index is 11.0. The number of rotatable bonds is 2. The fourth-order valence-electron chi connectivity index (χ4n) is 3.46. The molecule has 18 heavy (non-hydrogen) atoms. The Morgan fingerprint density at radius 1 is 1.39 bits per heavy atom. The highest BCUT2D eigenvalue weighted by atomic mass is 16.5. The monoisotopic (exact) mass is 248 g/mol. The van der Waals surface area contributed by atoms with Crippen molar-refractivity contribution >= 4 is 0 Å². The van der Waals surface area contributed by atoms with Crippen LogP contribution in [0.15, 0.2) is 18.5 Å². The predicted molar refractivity (Wildman–Crippen MR) is 68.5 cm³/mol. The topological polar surface area (TPSA) is 54.4 Å². The summed E-state index contributed by atoms with van der Waals surface area (Å²) in [7, 11) is 1.64. The van der Waals surface area contributed by atoms with Crippen LogP contribution in [-0.2, 0) is 5.60 Å². The number of nitrogens with zero attached hydrogens (tertiary/aromatic N) is 1. The van der Waals surface area contributed by atoms with Crippen LogP contribution in [0.3, 0.4) is 0 Å². The highest BCUT2D eigenvalue weighted by Crippen LogP contribution is 2.42. The number of aromatic nitrogens is 1. The molecule has 2 saturated heterocycles. The van der Waals surface area contributed by atoms with Crippen LogP contribution < -0.4 is 10.1 Å². The first kappa shape index (κ1) is 11.9. The van der Waals surface area contributed by atoms with Crippen molar-refractivity contribution in [2.75, 3.05) is 7.11 Å². The minimum Gasteiger partial charge on any atom is -0.496 e. The number of ether oxygens (including phenoxy) is 1. The van der Waals surface area contributed by atoms with Crippen molar-refractivity contribution in [1.29, 1.82) is 0 Å². The summed E-state index contributed by atoms with van der Waals surface area (Å²) < 4.78 is 5.37. The van der Waals surface area contributed by atoms with Crippen molar-refractivity contribution in [2.45, 2.75) is 49.8 Å². The molecule has 2 bridgehead atoms. The molecule has 2 aliphatic rings. The van der Waals surface area contributed by atoms with Gasteiger partial charge in [-0.15, -0.1) is 0 Å². The van der Waals surface area contributed by atoms with Gasteiger partial charge in [-0.05, 0) is 31.7 Å². The average Bonchev–Trinajstić information content (AvgIpc) is 2.38. The van der Waals surface area contributed by atoms with Gasteiger partial charge >= 0.3 is 0 Å². The molecule has 1 aromatic rings. The molecule has 0 aliphatic carbocycles. The third-order valence-corrected chi connectivity index (χ3v) is 4.25. The van der Waals surface area contributed by atoms with E-state index >= 15 is 0 Å². The molecule has 0 radical (unpaired) electrons. The number of piperidine rings is 2. The lowest BCUT2D eigenvalue weighted by atomic mass is 9.74. The van der Waals surface area contributed by atoms with Gasteiger partial charge in [0, 0.05) is 30.0 Å². The second-order valence-electron chi connectivity index (χ2n) is 5.51. The summed E-state index contributed by atoms with van der Waals surface area (Å²) in [5.74, 6) is 0.743. The summed E-state index contributed by atoms with van der Waals surface area (Å²) >= 11 is 0. The SMILES string of the molecule is COc1ccncc1C1(O)CC2CCCC(C1)N2. The Balaban J connectivity index is 1.94. The van der Waals surface area contributed by atoms with Crippen molar-refractivity contribution in [2.24, 2.45) is 0 Å². The Hall–Kier alpha value is -1.13. The fourth-order valence-corrected chi connectivity index (χ4v) is 3.46. The summed E-state index contributed by atoms with van der Waals surface area (Å²) in [6, 6.07) is 2.67. The number of pyridine rings is 1.